The molecule has 2 aliphatic rings. The van der Waals surface area contributed by atoms with E-state index in [2.05, 4.69) is 20.4 Å². The van der Waals surface area contributed by atoms with Crippen molar-refractivity contribution in [3.8, 4) is 0 Å². The first-order chi connectivity index (χ1) is 9.22. The minimum atomic E-state index is 0.0518. The van der Waals surface area contributed by atoms with Gasteiger partial charge in [0.2, 0.25) is 0 Å². The number of nitrogens with zero attached hydrogens (tertiary/aromatic N) is 3. The summed E-state index contributed by atoms with van der Waals surface area (Å²) >= 11 is 1.68. The van der Waals surface area contributed by atoms with Crippen LogP contribution in [0.3, 0.4) is 0 Å². The van der Waals surface area contributed by atoms with Crippen molar-refractivity contribution in [1.82, 2.24) is 20.4 Å². The predicted octanol–water partition coefficient (Wildman–Crippen LogP) is 0.783. The van der Waals surface area contributed by atoms with Crippen molar-refractivity contribution in [2.24, 2.45) is 5.41 Å². The van der Waals surface area contributed by atoms with Crippen molar-refractivity contribution in [3.63, 3.8) is 0 Å². The van der Waals surface area contributed by atoms with Gasteiger partial charge in [-0.25, -0.2) is 0 Å². The van der Waals surface area contributed by atoms with E-state index in [1.54, 1.807) is 11.3 Å². The molecule has 5 nitrogen and oxygen atoms in total. The van der Waals surface area contributed by atoms with Crippen LogP contribution in [0.5, 0.6) is 0 Å². The fourth-order valence-corrected chi connectivity index (χ4v) is 4.26. The van der Waals surface area contributed by atoms with E-state index in [0.717, 1.165) is 49.0 Å². The Labute approximate surface area is 118 Å². The third kappa shape index (κ3) is 2.67. The lowest BCUT2D eigenvalue weighted by Crippen LogP contribution is -2.61. The van der Waals surface area contributed by atoms with Gasteiger partial charge in [-0.2, -0.15) is 0 Å². The third-order valence-corrected chi connectivity index (χ3v) is 5.32. The minimum absolute atomic E-state index is 0.0518. The van der Waals surface area contributed by atoms with Crippen LogP contribution >= 0.6 is 11.3 Å². The summed E-state index contributed by atoms with van der Waals surface area (Å²) in [6.45, 7) is 6.31. The van der Waals surface area contributed by atoms with Gasteiger partial charge in [-0.05, 0) is 32.7 Å². The summed E-state index contributed by atoms with van der Waals surface area (Å²) in [5, 5.41) is 23.9. The van der Waals surface area contributed by atoms with Gasteiger partial charge in [0.05, 0.1) is 13.2 Å². The SMILES string of the molecule is Cc1nnc(CN2CC[C@H]3NCCC[C@]3(CO)C2)s1. The predicted molar refractivity (Wildman–Crippen MR) is 75.1 cm³/mol. The molecule has 0 saturated carbocycles. The number of rotatable bonds is 3. The van der Waals surface area contributed by atoms with E-state index < -0.39 is 0 Å². The van der Waals surface area contributed by atoms with Gasteiger partial charge < -0.3 is 10.4 Å². The van der Waals surface area contributed by atoms with E-state index in [1.807, 2.05) is 6.92 Å². The Hall–Kier alpha value is -0.560. The molecule has 6 heteroatoms. The molecule has 106 valence electrons. The van der Waals surface area contributed by atoms with Gasteiger partial charge >= 0.3 is 0 Å². The zero-order chi connectivity index (χ0) is 13.3. The molecule has 2 saturated heterocycles. The van der Waals surface area contributed by atoms with Gasteiger partial charge in [0.25, 0.3) is 0 Å². The molecule has 19 heavy (non-hydrogen) atoms. The van der Waals surface area contributed by atoms with E-state index in [0.29, 0.717) is 6.04 Å². The second-order valence-electron chi connectivity index (χ2n) is 5.84. The number of hydrogen-bond acceptors (Lipinski definition) is 6. The molecule has 2 fully saturated rings. The smallest absolute Gasteiger partial charge is 0.131 e. The molecular formula is C13H22N4OS. The summed E-state index contributed by atoms with van der Waals surface area (Å²) in [6, 6.07) is 0.485. The fraction of sp³-hybridized carbons (Fsp3) is 0.846. The molecule has 0 unspecified atom stereocenters. The Morgan fingerprint density at radius 2 is 2.42 bits per heavy atom. The third-order valence-electron chi connectivity index (χ3n) is 4.50. The highest BCUT2D eigenvalue weighted by Gasteiger charge is 2.44. The Morgan fingerprint density at radius 3 is 3.16 bits per heavy atom. The highest BCUT2D eigenvalue weighted by molar-refractivity contribution is 7.11. The Bertz CT molecular complexity index is 438. The molecule has 3 heterocycles. The minimum Gasteiger partial charge on any atom is -0.396 e. The van der Waals surface area contributed by atoms with Gasteiger partial charge in [0, 0.05) is 24.5 Å². The number of likely N-dealkylation sites (tertiary alicyclic amines) is 1. The molecule has 2 atom stereocenters. The highest BCUT2D eigenvalue weighted by atomic mass is 32.1. The number of aryl methyl sites for hydroxylation is 1. The van der Waals surface area contributed by atoms with Crippen LogP contribution in [0.2, 0.25) is 0 Å². The molecule has 1 aromatic rings. The summed E-state index contributed by atoms with van der Waals surface area (Å²) < 4.78 is 0. The molecular weight excluding hydrogens is 260 g/mol. The van der Waals surface area contributed by atoms with Crippen molar-refractivity contribution in [1.29, 1.82) is 0 Å². The maximum Gasteiger partial charge on any atom is 0.131 e. The summed E-state index contributed by atoms with van der Waals surface area (Å²) in [4.78, 5) is 2.43. The molecule has 0 aromatic carbocycles. The molecule has 0 bridgehead atoms. The lowest BCUT2D eigenvalue weighted by atomic mass is 9.71. The number of aliphatic hydroxyl groups excluding tert-OH is 1. The lowest BCUT2D eigenvalue weighted by Gasteiger charge is -2.50. The van der Waals surface area contributed by atoms with Crippen LogP contribution in [-0.2, 0) is 6.54 Å². The van der Waals surface area contributed by atoms with E-state index >= 15 is 0 Å². The van der Waals surface area contributed by atoms with Crippen LogP contribution in [0.4, 0.5) is 0 Å². The van der Waals surface area contributed by atoms with E-state index in [1.165, 1.54) is 6.42 Å². The zero-order valence-electron chi connectivity index (χ0n) is 11.4. The molecule has 1 aromatic heterocycles. The molecule has 0 aliphatic carbocycles. The quantitative estimate of drug-likeness (QED) is 0.858. The lowest BCUT2D eigenvalue weighted by molar-refractivity contribution is -0.0223. The summed E-state index contributed by atoms with van der Waals surface area (Å²) in [7, 11) is 0. The Balaban J connectivity index is 1.68. The van der Waals surface area contributed by atoms with E-state index in [-0.39, 0.29) is 12.0 Å². The van der Waals surface area contributed by atoms with Crippen molar-refractivity contribution < 1.29 is 5.11 Å². The average Bonchev–Trinajstić information content (AvgIpc) is 2.84. The maximum atomic E-state index is 9.87. The summed E-state index contributed by atoms with van der Waals surface area (Å²) in [5.74, 6) is 0. The summed E-state index contributed by atoms with van der Waals surface area (Å²) in [6.07, 6.45) is 3.42. The first-order valence-corrected chi connectivity index (χ1v) is 7.89. The number of piperidine rings is 2. The Kier molecular flexibility index (Phi) is 3.84. The standard InChI is InChI=1S/C13H22N4OS/c1-10-15-16-12(19-10)7-17-6-3-11-13(8-17,9-18)4-2-5-14-11/h11,14,18H,2-9H2,1H3/t11-,13-/m1/s1. The monoisotopic (exact) mass is 282 g/mol. The van der Waals surface area contributed by atoms with Crippen molar-refractivity contribution in [2.45, 2.75) is 38.8 Å². The number of hydrogen-bond donors (Lipinski definition) is 2. The van der Waals surface area contributed by atoms with Gasteiger partial charge in [-0.3, -0.25) is 4.90 Å². The highest BCUT2D eigenvalue weighted by Crippen LogP contribution is 2.37. The molecule has 0 spiro atoms. The second kappa shape index (κ2) is 5.44. The number of fused-ring (bicyclic) bond motifs is 1. The zero-order valence-corrected chi connectivity index (χ0v) is 12.2. The van der Waals surface area contributed by atoms with Crippen LogP contribution in [0.1, 0.15) is 29.3 Å². The van der Waals surface area contributed by atoms with Gasteiger partial charge in [0.1, 0.15) is 10.0 Å². The molecule has 2 N–H and O–H groups in total. The number of nitrogens with one attached hydrogen (secondary N) is 1. The van der Waals surface area contributed by atoms with Crippen molar-refractivity contribution in [3.05, 3.63) is 10.0 Å². The molecule has 0 amide bonds. The first kappa shape index (κ1) is 13.4. The average molecular weight is 282 g/mol. The first-order valence-electron chi connectivity index (χ1n) is 7.07. The normalized spacial score (nSPS) is 32.2. The maximum absolute atomic E-state index is 9.87. The largest absolute Gasteiger partial charge is 0.396 e. The van der Waals surface area contributed by atoms with Gasteiger partial charge in [0.15, 0.2) is 0 Å². The van der Waals surface area contributed by atoms with Gasteiger partial charge in [-0.1, -0.05) is 0 Å². The van der Waals surface area contributed by atoms with E-state index in [9.17, 15) is 5.11 Å². The van der Waals surface area contributed by atoms with Gasteiger partial charge in [-0.15, -0.1) is 21.5 Å². The molecule has 0 radical (unpaired) electrons. The fourth-order valence-electron chi connectivity index (χ4n) is 3.51. The summed E-state index contributed by atoms with van der Waals surface area (Å²) in [5.41, 5.74) is 0.0518. The van der Waals surface area contributed by atoms with Crippen molar-refractivity contribution >= 4 is 11.3 Å². The molecule has 3 rings (SSSR count). The second-order valence-corrected chi connectivity index (χ2v) is 7.11. The van der Waals surface area contributed by atoms with Crippen LogP contribution in [0.25, 0.3) is 0 Å². The van der Waals surface area contributed by atoms with Crippen molar-refractivity contribution in [2.75, 3.05) is 26.2 Å². The number of aliphatic hydroxyl groups is 1. The van der Waals surface area contributed by atoms with Crippen LogP contribution in [0.15, 0.2) is 0 Å². The van der Waals surface area contributed by atoms with Crippen LogP contribution in [0, 0.1) is 12.3 Å². The van der Waals surface area contributed by atoms with Crippen LogP contribution in [-0.4, -0.2) is 52.5 Å². The number of aromatic nitrogens is 2. The van der Waals surface area contributed by atoms with E-state index in [4.69, 9.17) is 0 Å². The Morgan fingerprint density at radius 1 is 1.53 bits per heavy atom. The molecule has 2 aliphatic heterocycles. The topological polar surface area (TPSA) is 61.3 Å². The van der Waals surface area contributed by atoms with Crippen LogP contribution < -0.4 is 5.32 Å².